The highest BCUT2D eigenvalue weighted by atomic mass is 19.4. The van der Waals surface area contributed by atoms with E-state index in [-0.39, 0.29) is 24.1 Å². The number of nitrogens with zero attached hydrogens (tertiary/aromatic N) is 1. The van der Waals surface area contributed by atoms with Gasteiger partial charge in [0, 0.05) is 18.2 Å². The van der Waals surface area contributed by atoms with E-state index in [1.165, 1.54) is 17.7 Å². The van der Waals surface area contributed by atoms with Crippen molar-refractivity contribution in [2.45, 2.75) is 50.2 Å². The molecule has 2 aromatic rings. The molecule has 198 valence electrons. The molecule has 37 heavy (non-hydrogen) atoms. The van der Waals surface area contributed by atoms with Gasteiger partial charge in [-0.25, -0.2) is 0 Å². The summed E-state index contributed by atoms with van der Waals surface area (Å²) in [6.45, 7) is 3.26. The number of carbonyl (C=O) groups is 1. The van der Waals surface area contributed by atoms with Crippen LogP contribution in [0.5, 0.6) is 11.5 Å². The van der Waals surface area contributed by atoms with Crippen LogP contribution in [0.3, 0.4) is 0 Å². The number of carbonyl (C=O) groups excluding carboxylic acids is 1. The highest BCUT2D eigenvalue weighted by molar-refractivity contribution is 5.99. The summed E-state index contributed by atoms with van der Waals surface area (Å²) < 4.78 is 50.0. The van der Waals surface area contributed by atoms with Crippen molar-refractivity contribution in [3.8, 4) is 11.5 Å². The van der Waals surface area contributed by atoms with Gasteiger partial charge in [-0.3, -0.25) is 4.79 Å². The molecular formula is C29H33F3N2O3. The second-order valence-electron chi connectivity index (χ2n) is 10.4. The minimum atomic E-state index is -4.44. The summed E-state index contributed by atoms with van der Waals surface area (Å²) in [6.07, 6.45) is 2.27. The molecule has 2 unspecified atom stereocenters. The number of hydrogen-bond acceptors (Lipinski definition) is 4. The van der Waals surface area contributed by atoms with Crippen LogP contribution in [0.1, 0.15) is 54.7 Å². The molecule has 1 saturated heterocycles. The largest absolute Gasteiger partial charge is 0.497 e. The average Bonchev–Trinajstić information content (AvgIpc) is 3.34. The highest BCUT2D eigenvalue weighted by Crippen LogP contribution is 2.36. The fraction of sp³-hybridized carbons (Fsp3) is 0.483. The van der Waals surface area contributed by atoms with Gasteiger partial charge in [0.1, 0.15) is 18.1 Å². The van der Waals surface area contributed by atoms with E-state index >= 15 is 0 Å². The lowest BCUT2D eigenvalue weighted by molar-refractivity contribution is -0.137. The summed E-state index contributed by atoms with van der Waals surface area (Å²) in [5.41, 5.74) is 1.27. The molecular weight excluding hydrogens is 481 g/mol. The van der Waals surface area contributed by atoms with Crippen molar-refractivity contribution >= 4 is 12.0 Å². The maximum Gasteiger partial charge on any atom is 0.416 e. The summed E-state index contributed by atoms with van der Waals surface area (Å²) in [5, 5.41) is 3.09. The minimum Gasteiger partial charge on any atom is -0.497 e. The number of ether oxygens (including phenoxy) is 2. The van der Waals surface area contributed by atoms with Crippen LogP contribution in [-0.2, 0) is 11.0 Å². The third-order valence-electron chi connectivity index (χ3n) is 7.91. The van der Waals surface area contributed by atoms with Gasteiger partial charge < -0.3 is 19.7 Å². The van der Waals surface area contributed by atoms with Gasteiger partial charge in [0.2, 0.25) is 0 Å². The van der Waals surface area contributed by atoms with E-state index in [0.717, 1.165) is 69.6 Å². The molecule has 0 aromatic heterocycles. The zero-order valence-electron chi connectivity index (χ0n) is 21.0. The lowest BCUT2D eigenvalue weighted by Gasteiger charge is -2.33. The number of amides is 1. The number of rotatable bonds is 6. The average molecular weight is 515 g/mol. The normalized spacial score (nSPS) is 22.6. The van der Waals surface area contributed by atoms with Crippen molar-refractivity contribution in [1.82, 2.24) is 10.2 Å². The molecule has 0 radical (unpaired) electrons. The van der Waals surface area contributed by atoms with Gasteiger partial charge in [0.05, 0.1) is 18.2 Å². The number of benzene rings is 2. The predicted octanol–water partition coefficient (Wildman–Crippen LogP) is 5.65. The molecule has 2 aromatic carbocycles. The van der Waals surface area contributed by atoms with Crippen molar-refractivity contribution in [2.24, 2.45) is 5.92 Å². The highest BCUT2D eigenvalue weighted by Gasteiger charge is 2.33. The fourth-order valence-corrected chi connectivity index (χ4v) is 5.83. The predicted molar refractivity (Wildman–Crippen MR) is 136 cm³/mol. The maximum atomic E-state index is 13.1. The number of nitrogens with one attached hydrogen (secondary N) is 1. The van der Waals surface area contributed by atoms with E-state index < -0.39 is 11.7 Å². The molecule has 8 heteroatoms. The Morgan fingerprint density at radius 2 is 1.84 bits per heavy atom. The Kier molecular flexibility index (Phi) is 7.47. The summed E-state index contributed by atoms with van der Waals surface area (Å²) in [4.78, 5) is 15.4. The first kappa shape index (κ1) is 25.6. The molecule has 1 N–H and O–H groups in total. The van der Waals surface area contributed by atoms with E-state index in [4.69, 9.17) is 9.47 Å². The number of alkyl halides is 3. The number of hydrogen-bond donors (Lipinski definition) is 1. The van der Waals surface area contributed by atoms with Gasteiger partial charge >= 0.3 is 6.18 Å². The van der Waals surface area contributed by atoms with Crippen molar-refractivity contribution in [2.75, 3.05) is 33.4 Å². The fourth-order valence-electron chi connectivity index (χ4n) is 5.83. The zero-order valence-corrected chi connectivity index (χ0v) is 21.0. The van der Waals surface area contributed by atoms with Gasteiger partial charge in [-0.15, -0.1) is 0 Å². The number of likely N-dealkylation sites (tertiary alicyclic amines) is 1. The summed E-state index contributed by atoms with van der Waals surface area (Å²) in [6, 6.07) is 11.8. The monoisotopic (exact) mass is 514 g/mol. The van der Waals surface area contributed by atoms with E-state index in [1.54, 1.807) is 7.11 Å². The molecule has 2 atom stereocenters. The van der Waals surface area contributed by atoms with Gasteiger partial charge in [-0.05, 0) is 99.0 Å². The molecule has 2 heterocycles. The first-order valence-corrected chi connectivity index (χ1v) is 13.0. The SMILES string of the molecule is COc1ccc(C2CCN(CC3CCC(NC(=O)C4=Cc5cc(C(F)(F)F)ccc5OC4)C3)CC2)cc1. The van der Waals surface area contributed by atoms with Crippen LogP contribution in [-0.4, -0.2) is 50.2 Å². The second kappa shape index (κ2) is 10.8. The number of fused-ring (bicyclic) bond motifs is 1. The molecule has 0 bridgehead atoms. The molecule has 1 aliphatic carbocycles. The van der Waals surface area contributed by atoms with Gasteiger partial charge in [0.25, 0.3) is 5.91 Å². The van der Waals surface area contributed by atoms with Crippen LogP contribution in [0.4, 0.5) is 13.2 Å². The Bertz CT molecular complexity index is 1140. The standard InChI is InChI=1S/C29H33F3N2O3/c1-36-26-7-3-20(4-8-26)21-10-12-34(13-11-21)17-19-2-6-25(14-19)33-28(35)23-15-22-16-24(29(30,31)32)5-9-27(22)37-18-23/h3-5,7-9,15-16,19,21,25H,2,6,10-14,17-18H2,1H3,(H,33,35). The number of methoxy groups -OCH3 is 1. The van der Waals surface area contributed by atoms with Gasteiger partial charge in [0.15, 0.2) is 0 Å². The summed E-state index contributed by atoms with van der Waals surface area (Å²) in [7, 11) is 1.68. The molecule has 5 rings (SSSR count). The lowest BCUT2D eigenvalue weighted by Crippen LogP contribution is -2.38. The van der Waals surface area contributed by atoms with E-state index in [9.17, 15) is 18.0 Å². The summed E-state index contributed by atoms with van der Waals surface area (Å²) >= 11 is 0. The van der Waals surface area contributed by atoms with Crippen LogP contribution >= 0.6 is 0 Å². The van der Waals surface area contributed by atoms with Crippen LogP contribution in [0.2, 0.25) is 0 Å². The smallest absolute Gasteiger partial charge is 0.416 e. The Balaban J connectivity index is 1.09. The zero-order chi connectivity index (χ0) is 26.0. The third-order valence-corrected chi connectivity index (χ3v) is 7.91. The first-order chi connectivity index (χ1) is 17.8. The number of piperidine rings is 1. The summed E-state index contributed by atoms with van der Waals surface area (Å²) in [5.74, 6) is 2.11. The van der Waals surface area contributed by atoms with Crippen molar-refractivity contribution in [3.05, 3.63) is 64.7 Å². The van der Waals surface area contributed by atoms with Crippen molar-refractivity contribution in [3.63, 3.8) is 0 Å². The topological polar surface area (TPSA) is 50.8 Å². The second-order valence-corrected chi connectivity index (χ2v) is 10.4. The lowest BCUT2D eigenvalue weighted by atomic mass is 9.89. The molecule has 5 nitrogen and oxygen atoms in total. The van der Waals surface area contributed by atoms with Gasteiger partial charge in [-0.1, -0.05) is 12.1 Å². The first-order valence-electron chi connectivity index (χ1n) is 13.0. The van der Waals surface area contributed by atoms with Crippen LogP contribution in [0.15, 0.2) is 48.0 Å². The molecule has 3 aliphatic rings. The van der Waals surface area contributed by atoms with Crippen LogP contribution in [0, 0.1) is 5.92 Å². The van der Waals surface area contributed by atoms with Gasteiger partial charge in [-0.2, -0.15) is 13.2 Å². The van der Waals surface area contributed by atoms with Crippen LogP contribution in [0.25, 0.3) is 6.08 Å². The maximum absolute atomic E-state index is 13.1. The Morgan fingerprint density at radius 3 is 2.54 bits per heavy atom. The Labute approximate surface area is 215 Å². The Hall–Kier alpha value is -3.00. The molecule has 2 aliphatic heterocycles. The molecule has 2 fully saturated rings. The Morgan fingerprint density at radius 1 is 1.08 bits per heavy atom. The quantitative estimate of drug-likeness (QED) is 0.541. The molecule has 1 saturated carbocycles. The van der Waals surface area contributed by atoms with E-state index in [2.05, 4.69) is 22.3 Å². The minimum absolute atomic E-state index is 0.0590. The van der Waals surface area contributed by atoms with E-state index in [1.807, 2.05) is 12.1 Å². The molecule has 1 amide bonds. The van der Waals surface area contributed by atoms with Crippen molar-refractivity contribution in [1.29, 1.82) is 0 Å². The molecule has 0 spiro atoms. The third kappa shape index (κ3) is 6.12. The van der Waals surface area contributed by atoms with E-state index in [0.29, 0.717) is 23.2 Å². The van der Waals surface area contributed by atoms with Crippen LogP contribution < -0.4 is 14.8 Å². The van der Waals surface area contributed by atoms with Crippen molar-refractivity contribution < 1.29 is 27.4 Å². The number of halogens is 3.